The summed E-state index contributed by atoms with van der Waals surface area (Å²) in [4.78, 5) is 0. The van der Waals surface area contributed by atoms with E-state index in [4.69, 9.17) is 9.47 Å². The molecule has 0 amide bonds. The number of hydrogen-bond donors (Lipinski definition) is 1. The third kappa shape index (κ3) is 5.24. The van der Waals surface area contributed by atoms with E-state index < -0.39 is 0 Å². The van der Waals surface area contributed by atoms with E-state index in [0.717, 1.165) is 18.0 Å². The Morgan fingerprint density at radius 1 is 1.05 bits per heavy atom. The van der Waals surface area contributed by atoms with Crippen LogP contribution in [0.3, 0.4) is 0 Å². The third-order valence-electron chi connectivity index (χ3n) is 4.01. The fourth-order valence-electron chi connectivity index (χ4n) is 2.75. The molecular weight excluding hydrogens is 262 g/mol. The maximum atomic E-state index is 5.45. The minimum absolute atomic E-state index is 0.493. The second kappa shape index (κ2) is 8.93. The quantitative estimate of drug-likeness (QED) is 0.739. The van der Waals surface area contributed by atoms with Crippen molar-refractivity contribution in [2.45, 2.75) is 52.5 Å². The van der Waals surface area contributed by atoms with Crippen molar-refractivity contribution in [2.75, 3.05) is 20.8 Å². The first-order chi connectivity index (χ1) is 10.0. The van der Waals surface area contributed by atoms with E-state index in [9.17, 15) is 0 Å². The van der Waals surface area contributed by atoms with Gasteiger partial charge in [0.15, 0.2) is 11.5 Å². The first kappa shape index (κ1) is 17.8. The Morgan fingerprint density at radius 3 is 2.24 bits per heavy atom. The van der Waals surface area contributed by atoms with E-state index >= 15 is 0 Å². The molecule has 1 aromatic rings. The minimum Gasteiger partial charge on any atom is -0.493 e. The monoisotopic (exact) mass is 293 g/mol. The number of benzene rings is 1. The molecule has 2 atom stereocenters. The van der Waals surface area contributed by atoms with Crippen LogP contribution >= 0.6 is 0 Å². The molecule has 21 heavy (non-hydrogen) atoms. The van der Waals surface area contributed by atoms with Crippen molar-refractivity contribution in [1.82, 2.24) is 5.32 Å². The summed E-state index contributed by atoms with van der Waals surface area (Å²) < 4.78 is 10.8. The van der Waals surface area contributed by atoms with Crippen molar-refractivity contribution in [3.63, 3.8) is 0 Å². The number of hydrogen-bond acceptors (Lipinski definition) is 3. The molecule has 120 valence electrons. The van der Waals surface area contributed by atoms with Crippen LogP contribution in [0.4, 0.5) is 0 Å². The summed E-state index contributed by atoms with van der Waals surface area (Å²) in [6.07, 6.45) is 2.45. The zero-order valence-electron chi connectivity index (χ0n) is 14.4. The molecule has 1 aromatic carbocycles. The van der Waals surface area contributed by atoms with Crippen molar-refractivity contribution in [3.8, 4) is 11.5 Å². The Kier molecular flexibility index (Phi) is 7.58. The van der Waals surface area contributed by atoms with Crippen molar-refractivity contribution < 1.29 is 9.47 Å². The summed E-state index contributed by atoms with van der Waals surface area (Å²) in [5.74, 6) is 2.74. The van der Waals surface area contributed by atoms with Crippen LogP contribution in [0.2, 0.25) is 0 Å². The summed E-state index contributed by atoms with van der Waals surface area (Å²) in [6.45, 7) is 9.96. The molecular formula is C18H31NO2. The Bertz CT molecular complexity index is 418. The van der Waals surface area contributed by atoms with Gasteiger partial charge < -0.3 is 14.8 Å². The summed E-state index contributed by atoms with van der Waals surface area (Å²) in [7, 11) is 3.37. The van der Waals surface area contributed by atoms with Crippen molar-refractivity contribution in [1.29, 1.82) is 0 Å². The molecule has 0 saturated heterocycles. The van der Waals surface area contributed by atoms with E-state index in [1.54, 1.807) is 14.2 Å². The number of methoxy groups -OCH3 is 2. The lowest BCUT2D eigenvalue weighted by Gasteiger charge is -2.26. The van der Waals surface area contributed by atoms with Gasteiger partial charge in [0.1, 0.15) is 0 Å². The molecule has 0 saturated carbocycles. The SMILES string of the molecule is CCCC(C)C(CNC(C)C)c1ccc(OC)c(OC)c1. The van der Waals surface area contributed by atoms with Crippen molar-refractivity contribution in [2.24, 2.45) is 5.92 Å². The number of ether oxygens (including phenoxy) is 2. The van der Waals surface area contributed by atoms with E-state index in [1.165, 1.54) is 18.4 Å². The summed E-state index contributed by atoms with van der Waals surface area (Å²) >= 11 is 0. The van der Waals surface area contributed by atoms with Gasteiger partial charge in [0, 0.05) is 12.6 Å². The van der Waals surface area contributed by atoms with Gasteiger partial charge in [0.05, 0.1) is 14.2 Å². The predicted molar refractivity (Wildman–Crippen MR) is 89.5 cm³/mol. The molecule has 0 spiro atoms. The topological polar surface area (TPSA) is 30.5 Å². The van der Waals surface area contributed by atoms with Crippen LogP contribution in [0.15, 0.2) is 18.2 Å². The van der Waals surface area contributed by atoms with Crippen LogP contribution in [-0.2, 0) is 0 Å². The fourth-order valence-corrected chi connectivity index (χ4v) is 2.75. The van der Waals surface area contributed by atoms with Crippen LogP contribution in [0.1, 0.15) is 52.0 Å². The molecule has 3 heteroatoms. The van der Waals surface area contributed by atoms with Gasteiger partial charge in [-0.05, 0) is 29.5 Å². The lowest BCUT2D eigenvalue weighted by molar-refractivity contribution is 0.351. The maximum Gasteiger partial charge on any atom is 0.160 e. The minimum atomic E-state index is 0.493. The molecule has 3 nitrogen and oxygen atoms in total. The molecule has 0 aliphatic rings. The smallest absolute Gasteiger partial charge is 0.160 e. The summed E-state index contributed by atoms with van der Waals surface area (Å²) in [5, 5.41) is 3.58. The van der Waals surface area contributed by atoms with Gasteiger partial charge in [0.25, 0.3) is 0 Å². The average molecular weight is 293 g/mol. The van der Waals surface area contributed by atoms with Crippen molar-refractivity contribution in [3.05, 3.63) is 23.8 Å². The van der Waals surface area contributed by atoms with Gasteiger partial charge in [-0.25, -0.2) is 0 Å². The number of rotatable bonds is 9. The lowest BCUT2D eigenvalue weighted by Crippen LogP contribution is -2.30. The summed E-state index contributed by atoms with van der Waals surface area (Å²) in [6, 6.07) is 6.80. The second-order valence-corrected chi connectivity index (χ2v) is 6.05. The standard InChI is InChI=1S/C18H31NO2/c1-7-8-14(4)16(12-19-13(2)3)15-9-10-17(20-5)18(11-15)21-6/h9-11,13-14,16,19H,7-8,12H2,1-6H3. The first-order valence-corrected chi connectivity index (χ1v) is 7.98. The molecule has 0 aliphatic carbocycles. The van der Waals surface area contributed by atoms with E-state index in [-0.39, 0.29) is 0 Å². The van der Waals surface area contributed by atoms with Crippen LogP contribution < -0.4 is 14.8 Å². The lowest BCUT2D eigenvalue weighted by atomic mass is 9.84. The molecule has 0 fully saturated rings. The van der Waals surface area contributed by atoms with E-state index in [0.29, 0.717) is 17.9 Å². The molecule has 0 aromatic heterocycles. The molecule has 1 rings (SSSR count). The van der Waals surface area contributed by atoms with Gasteiger partial charge in [-0.3, -0.25) is 0 Å². The number of nitrogens with one attached hydrogen (secondary N) is 1. The van der Waals surface area contributed by atoms with Crippen LogP contribution in [0, 0.1) is 5.92 Å². The maximum absolute atomic E-state index is 5.45. The van der Waals surface area contributed by atoms with Gasteiger partial charge >= 0.3 is 0 Å². The molecule has 0 bridgehead atoms. The van der Waals surface area contributed by atoms with E-state index in [2.05, 4.69) is 45.1 Å². The van der Waals surface area contributed by atoms with Crippen LogP contribution in [0.25, 0.3) is 0 Å². The van der Waals surface area contributed by atoms with Gasteiger partial charge in [-0.15, -0.1) is 0 Å². The molecule has 2 unspecified atom stereocenters. The molecule has 0 radical (unpaired) electrons. The highest BCUT2D eigenvalue weighted by atomic mass is 16.5. The average Bonchev–Trinajstić information content (AvgIpc) is 2.47. The first-order valence-electron chi connectivity index (χ1n) is 7.98. The van der Waals surface area contributed by atoms with Gasteiger partial charge in [-0.1, -0.05) is 46.6 Å². The largest absolute Gasteiger partial charge is 0.493 e. The van der Waals surface area contributed by atoms with Crippen LogP contribution in [0.5, 0.6) is 11.5 Å². The van der Waals surface area contributed by atoms with Crippen molar-refractivity contribution >= 4 is 0 Å². The normalized spacial score (nSPS) is 14.0. The highest BCUT2D eigenvalue weighted by Gasteiger charge is 2.20. The van der Waals surface area contributed by atoms with Gasteiger partial charge in [0.2, 0.25) is 0 Å². The highest BCUT2D eigenvalue weighted by Crippen LogP contribution is 2.34. The highest BCUT2D eigenvalue weighted by molar-refractivity contribution is 5.44. The zero-order valence-corrected chi connectivity index (χ0v) is 14.4. The van der Waals surface area contributed by atoms with Gasteiger partial charge in [-0.2, -0.15) is 0 Å². The van der Waals surface area contributed by atoms with Crippen LogP contribution in [-0.4, -0.2) is 26.8 Å². The Labute approximate surface area is 130 Å². The Morgan fingerprint density at radius 2 is 1.71 bits per heavy atom. The molecule has 0 aliphatic heterocycles. The fraction of sp³-hybridized carbons (Fsp3) is 0.667. The predicted octanol–water partition coefficient (Wildman–Crippen LogP) is 4.22. The zero-order chi connectivity index (χ0) is 15.8. The van der Waals surface area contributed by atoms with E-state index in [1.807, 2.05) is 6.07 Å². The Hall–Kier alpha value is -1.22. The second-order valence-electron chi connectivity index (χ2n) is 6.05. The molecule has 1 N–H and O–H groups in total. The summed E-state index contributed by atoms with van der Waals surface area (Å²) in [5.41, 5.74) is 1.32. The third-order valence-corrected chi connectivity index (χ3v) is 4.01. The molecule has 0 heterocycles. The Balaban J connectivity index is 3.00.